The number of aromatic amines is 1. The van der Waals surface area contributed by atoms with Gasteiger partial charge in [-0.2, -0.15) is 0 Å². The van der Waals surface area contributed by atoms with Crippen molar-refractivity contribution >= 4 is 16.8 Å². The number of rotatable bonds is 4. The fraction of sp³-hybridized carbons (Fsp3) is 0.438. The molecule has 0 spiro atoms. The van der Waals surface area contributed by atoms with Crippen molar-refractivity contribution in [3.63, 3.8) is 0 Å². The zero-order valence-electron chi connectivity index (χ0n) is 12.4. The number of benzene rings is 1. The molecule has 112 valence electrons. The molecule has 1 amide bonds. The first-order chi connectivity index (χ1) is 10.2. The molecule has 5 nitrogen and oxygen atoms in total. The Hall–Kier alpha value is -2.17. The second-order valence-corrected chi connectivity index (χ2v) is 5.41. The highest BCUT2D eigenvalue weighted by atomic mass is 16.5. The number of nitrogens with one attached hydrogen (secondary N) is 2. The van der Waals surface area contributed by atoms with Crippen LogP contribution in [0, 0.1) is 0 Å². The maximum absolute atomic E-state index is 12.4. The molecule has 0 saturated heterocycles. The van der Waals surface area contributed by atoms with Gasteiger partial charge in [0.1, 0.15) is 0 Å². The second-order valence-electron chi connectivity index (χ2n) is 5.41. The number of carbonyl (C=O) groups excluding carboxylic acids is 1. The maximum Gasteiger partial charge on any atom is 0.253 e. The van der Waals surface area contributed by atoms with Crippen LogP contribution in [-0.4, -0.2) is 31.2 Å². The molecule has 5 heteroatoms. The third kappa shape index (κ3) is 2.55. The van der Waals surface area contributed by atoms with Crippen LogP contribution in [0.5, 0.6) is 11.5 Å². The van der Waals surface area contributed by atoms with Crippen LogP contribution < -0.4 is 14.8 Å². The minimum atomic E-state index is -0.0274. The van der Waals surface area contributed by atoms with Crippen molar-refractivity contribution in [2.24, 2.45) is 0 Å². The SMILES string of the molecule is COc1cc2[nH]cc(C(=O)NC3CCCC3)c2cc1OC. The molecule has 1 aromatic carbocycles. The average Bonchev–Trinajstić information content (AvgIpc) is 3.14. The van der Waals surface area contributed by atoms with Crippen LogP contribution >= 0.6 is 0 Å². The van der Waals surface area contributed by atoms with Crippen molar-refractivity contribution in [1.82, 2.24) is 10.3 Å². The molecule has 0 unspecified atom stereocenters. The smallest absolute Gasteiger partial charge is 0.253 e. The summed E-state index contributed by atoms with van der Waals surface area (Å²) in [5.74, 6) is 1.24. The van der Waals surface area contributed by atoms with Crippen molar-refractivity contribution in [2.75, 3.05) is 14.2 Å². The number of ether oxygens (including phenoxy) is 2. The first-order valence-corrected chi connectivity index (χ1v) is 7.27. The second kappa shape index (κ2) is 5.68. The molecule has 3 rings (SSSR count). The summed E-state index contributed by atoms with van der Waals surface area (Å²) in [6.07, 6.45) is 6.29. The van der Waals surface area contributed by atoms with Gasteiger partial charge in [0.05, 0.1) is 25.3 Å². The lowest BCUT2D eigenvalue weighted by Crippen LogP contribution is -2.32. The van der Waals surface area contributed by atoms with E-state index in [-0.39, 0.29) is 5.91 Å². The third-order valence-electron chi connectivity index (χ3n) is 4.12. The fourth-order valence-electron chi connectivity index (χ4n) is 2.97. The summed E-state index contributed by atoms with van der Waals surface area (Å²) in [5, 5.41) is 3.96. The first-order valence-electron chi connectivity index (χ1n) is 7.27. The van der Waals surface area contributed by atoms with Crippen LogP contribution in [0.3, 0.4) is 0 Å². The van der Waals surface area contributed by atoms with Gasteiger partial charge in [0, 0.05) is 23.7 Å². The lowest BCUT2D eigenvalue weighted by molar-refractivity contribution is 0.0939. The van der Waals surface area contributed by atoms with Gasteiger partial charge in [0.25, 0.3) is 5.91 Å². The summed E-state index contributed by atoms with van der Waals surface area (Å²) in [6.45, 7) is 0. The monoisotopic (exact) mass is 288 g/mol. The van der Waals surface area contributed by atoms with Gasteiger partial charge in [0.15, 0.2) is 11.5 Å². The Balaban J connectivity index is 1.93. The normalized spacial score (nSPS) is 15.3. The van der Waals surface area contributed by atoms with Crippen LogP contribution in [0.25, 0.3) is 10.9 Å². The molecule has 0 atom stereocenters. The molecular weight excluding hydrogens is 268 g/mol. The van der Waals surface area contributed by atoms with Gasteiger partial charge in [0.2, 0.25) is 0 Å². The van der Waals surface area contributed by atoms with Gasteiger partial charge in [-0.05, 0) is 18.9 Å². The standard InChI is InChI=1S/C16H20N2O3/c1-20-14-7-11-12(9-17-13(11)8-15(14)21-2)16(19)18-10-5-3-4-6-10/h7-10,17H,3-6H2,1-2H3,(H,18,19). The minimum Gasteiger partial charge on any atom is -0.493 e. The summed E-state index contributed by atoms with van der Waals surface area (Å²) >= 11 is 0. The molecule has 0 radical (unpaired) electrons. The van der Waals surface area contributed by atoms with Crippen LogP contribution in [0.15, 0.2) is 18.3 Å². The van der Waals surface area contributed by atoms with Crippen molar-refractivity contribution in [2.45, 2.75) is 31.7 Å². The van der Waals surface area contributed by atoms with E-state index >= 15 is 0 Å². The van der Waals surface area contributed by atoms with E-state index in [1.54, 1.807) is 20.4 Å². The molecule has 1 fully saturated rings. The Morgan fingerprint density at radius 1 is 1.19 bits per heavy atom. The molecule has 1 aliphatic carbocycles. The highest BCUT2D eigenvalue weighted by Crippen LogP contribution is 2.33. The summed E-state index contributed by atoms with van der Waals surface area (Å²) in [5.41, 5.74) is 1.52. The van der Waals surface area contributed by atoms with E-state index < -0.39 is 0 Å². The molecule has 1 aliphatic rings. The van der Waals surface area contributed by atoms with Gasteiger partial charge in [-0.3, -0.25) is 4.79 Å². The zero-order chi connectivity index (χ0) is 14.8. The Bertz CT molecular complexity index is 657. The average molecular weight is 288 g/mol. The molecule has 0 aliphatic heterocycles. The Kier molecular flexibility index (Phi) is 3.73. The lowest BCUT2D eigenvalue weighted by Gasteiger charge is -2.12. The molecular formula is C16H20N2O3. The Morgan fingerprint density at radius 2 is 1.86 bits per heavy atom. The van der Waals surface area contributed by atoms with Crippen LogP contribution in [0.1, 0.15) is 36.0 Å². The van der Waals surface area contributed by atoms with Gasteiger partial charge >= 0.3 is 0 Å². The number of fused-ring (bicyclic) bond motifs is 1. The van der Waals surface area contributed by atoms with Crippen molar-refractivity contribution in [1.29, 1.82) is 0 Å². The third-order valence-corrected chi connectivity index (χ3v) is 4.12. The number of hydrogen-bond acceptors (Lipinski definition) is 3. The largest absolute Gasteiger partial charge is 0.493 e. The van der Waals surface area contributed by atoms with E-state index in [4.69, 9.17) is 9.47 Å². The zero-order valence-corrected chi connectivity index (χ0v) is 12.4. The van der Waals surface area contributed by atoms with Gasteiger partial charge < -0.3 is 19.8 Å². The highest BCUT2D eigenvalue weighted by molar-refractivity contribution is 6.07. The molecule has 0 bridgehead atoms. The molecule has 21 heavy (non-hydrogen) atoms. The van der Waals surface area contributed by atoms with Crippen LogP contribution in [0.4, 0.5) is 0 Å². The lowest BCUT2D eigenvalue weighted by atomic mass is 10.1. The molecule has 1 heterocycles. The molecule has 2 aromatic rings. The van der Waals surface area contributed by atoms with Crippen molar-refractivity contribution in [3.05, 3.63) is 23.9 Å². The summed E-state index contributed by atoms with van der Waals surface area (Å²) in [7, 11) is 3.19. The van der Waals surface area contributed by atoms with Gasteiger partial charge in [-0.15, -0.1) is 0 Å². The maximum atomic E-state index is 12.4. The quantitative estimate of drug-likeness (QED) is 0.909. The molecule has 2 N–H and O–H groups in total. The van der Waals surface area contributed by atoms with E-state index in [0.717, 1.165) is 23.7 Å². The number of aromatic nitrogens is 1. The van der Waals surface area contributed by atoms with Gasteiger partial charge in [-0.1, -0.05) is 12.8 Å². The highest BCUT2D eigenvalue weighted by Gasteiger charge is 2.20. The van der Waals surface area contributed by atoms with Crippen LogP contribution in [-0.2, 0) is 0 Å². The van der Waals surface area contributed by atoms with Crippen molar-refractivity contribution in [3.8, 4) is 11.5 Å². The summed E-state index contributed by atoms with van der Waals surface area (Å²) < 4.78 is 10.6. The van der Waals surface area contributed by atoms with Crippen molar-refractivity contribution < 1.29 is 14.3 Å². The van der Waals surface area contributed by atoms with E-state index in [1.807, 2.05) is 12.1 Å². The van der Waals surface area contributed by atoms with E-state index in [9.17, 15) is 4.79 Å². The predicted molar refractivity (Wildman–Crippen MR) is 81.1 cm³/mol. The predicted octanol–water partition coefficient (Wildman–Crippen LogP) is 2.86. The Morgan fingerprint density at radius 3 is 2.52 bits per heavy atom. The summed E-state index contributed by atoms with van der Waals surface area (Å²) in [6, 6.07) is 4.00. The fourth-order valence-corrected chi connectivity index (χ4v) is 2.97. The Labute approximate surface area is 123 Å². The number of hydrogen-bond donors (Lipinski definition) is 2. The summed E-state index contributed by atoms with van der Waals surface area (Å²) in [4.78, 5) is 15.6. The number of amides is 1. The number of carbonyl (C=O) groups is 1. The van der Waals surface area contributed by atoms with Crippen LogP contribution in [0.2, 0.25) is 0 Å². The number of methoxy groups -OCH3 is 2. The molecule has 1 saturated carbocycles. The van der Waals surface area contributed by atoms with E-state index in [1.165, 1.54) is 12.8 Å². The van der Waals surface area contributed by atoms with E-state index in [0.29, 0.717) is 23.1 Å². The first kappa shape index (κ1) is 13.8. The van der Waals surface area contributed by atoms with Gasteiger partial charge in [-0.25, -0.2) is 0 Å². The minimum absolute atomic E-state index is 0.0274. The number of H-pyrrole nitrogens is 1. The topological polar surface area (TPSA) is 63.4 Å². The molecule has 1 aromatic heterocycles. The van der Waals surface area contributed by atoms with E-state index in [2.05, 4.69) is 10.3 Å².